The topological polar surface area (TPSA) is 55.4 Å². The first-order valence-electron chi connectivity index (χ1n) is 11.1. The van der Waals surface area contributed by atoms with Crippen LogP contribution in [0.15, 0.2) is 0 Å². The van der Waals surface area contributed by atoms with Gasteiger partial charge < -0.3 is 10.1 Å². The van der Waals surface area contributed by atoms with Crippen molar-refractivity contribution >= 4 is 28.2 Å². The van der Waals surface area contributed by atoms with E-state index in [-0.39, 0.29) is 18.0 Å². The van der Waals surface area contributed by atoms with Crippen LogP contribution in [-0.4, -0.2) is 18.0 Å². The lowest BCUT2D eigenvalue weighted by Crippen LogP contribution is -2.18. The SMILES string of the molecule is CCCCCCCCCC(=O)Nc1sc2c(c1C(=O)OC(C)C)CCC(C)C2. The molecular formula is C23H37NO3S. The molecule has 1 heterocycles. The summed E-state index contributed by atoms with van der Waals surface area (Å²) >= 11 is 1.57. The molecule has 4 nitrogen and oxygen atoms in total. The van der Waals surface area contributed by atoms with Crippen LogP contribution in [0.1, 0.15) is 106 Å². The number of unbranched alkanes of at least 4 members (excludes halogenated alkanes) is 6. The molecule has 5 heteroatoms. The number of nitrogens with one attached hydrogen (secondary N) is 1. The van der Waals surface area contributed by atoms with Gasteiger partial charge >= 0.3 is 5.97 Å². The summed E-state index contributed by atoms with van der Waals surface area (Å²) in [6.45, 7) is 8.18. The van der Waals surface area contributed by atoms with Crippen molar-refractivity contribution in [2.24, 2.45) is 5.92 Å². The Morgan fingerprint density at radius 1 is 1.14 bits per heavy atom. The molecule has 1 unspecified atom stereocenters. The van der Waals surface area contributed by atoms with Crippen LogP contribution in [0.2, 0.25) is 0 Å². The molecule has 0 aromatic carbocycles. The van der Waals surface area contributed by atoms with Crippen molar-refractivity contribution in [3.63, 3.8) is 0 Å². The van der Waals surface area contributed by atoms with Crippen LogP contribution in [0.5, 0.6) is 0 Å². The zero-order valence-electron chi connectivity index (χ0n) is 18.1. The second-order valence-electron chi connectivity index (χ2n) is 8.43. The predicted molar refractivity (Wildman–Crippen MR) is 117 cm³/mol. The summed E-state index contributed by atoms with van der Waals surface area (Å²) < 4.78 is 5.47. The fraction of sp³-hybridized carbons (Fsp3) is 0.739. The highest BCUT2D eigenvalue weighted by atomic mass is 32.1. The van der Waals surface area contributed by atoms with Crippen molar-refractivity contribution < 1.29 is 14.3 Å². The smallest absolute Gasteiger partial charge is 0.341 e. The van der Waals surface area contributed by atoms with E-state index in [9.17, 15) is 9.59 Å². The standard InChI is InChI=1S/C23H37NO3S/c1-5-6-7-8-9-10-11-12-20(25)24-22-21(23(26)27-16(2)3)18-14-13-17(4)15-19(18)28-22/h16-17H,5-15H2,1-4H3,(H,24,25). The highest BCUT2D eigenvalue weighted by Gasteiger charge is 2.29. The molecule has 2 rings (SSSR count). The summed E-state index contributed by atoms with van der Waals surface area (Å²) in [6.07, 6.45) is 11.6. The molecule has 28 heavy (non-hydrogen) atoms. The molecule has 1 amide bonds. The third-order valence-electron chi connectivity index (χ3n) is 5.32. The number of hydrogen-bond acceptors (Lipinski definition) is 4. The van der Waals surface area contributed by atoms with E-state index in [0.717, 1.165) is 37.7 Å². The maximum absolute atomic E-state index is 12.7. The normalized spacial score (nSPS) is 16.1. The van der Waals surface area contributed by atoms with Crippen LogP contribution in [0.25, 0.3) is 0 Å². The highest BCUT2D eigenvalue weighted by molar-refractivity contribution is 7.17. The van der Waals surface area contributed by atoms with E-state index in [1.807, 2.05) is 13.8 Å². The second-order valence-corrected chi connectivity index (χ2v) is 9.53. The van der Waals surface area contributed by atoms with E-state index in [1.54, 1.807) is 11.3 Å². The molecule has 0 spiro atoms. The Hall–Kier alpha value is -1.36. The second kappa shape index (κ2) is 11.6. The number of amides is 1. The number of carbonyl (C=O) groups excluding carboxylic acids is 2. The molecule has 0 saturated heterocycles. The predicted octanol–water partition coefficient (Wildman–Crippen LogP) is 6.52. The van der Waals surface area contributed by atoms with Gasteiger partial charge in [0.1, 0.15) is 5.00 Å². The van der Waals surface area contributed by atoms with Gasteiger partial charge in [-0.05, 0) is 51.0 Å². The molecule has 1 aliphatic rings. The average Bonchev–Trinajstić information content (AvgIpc) is 2.97. The fourth-order valence-corrected chi connectivity index (χ4v) is 5.17. The fourth-order valence-electron chi connectivity index (χ4n) is 3.76. The first kappa shape index (κ1) is 22.9. The van der Waals surface area contributed by atoms with Gasteiger partial charge in [0.15, 0.2) is 0 Å². The summed E-state index contributed by atoms with van der Waals surface area (Å²) in [7, 11) is 0. The van der Waals surface area contributed by atoms with Gasteiger partial charge in [0.2, 0.25) is 5.91 Å². The van der Waals surface area contributed by atoms with E-state index in [4.69, 9.17) is 4.74 Å². The molecule has 1 aliphatic carbocycles. The quantitative estimate of drug-likeness (QED) is 0.336. The number of fused-ring (bicyclic) bond motifs is 1. The number of esters is 1. The highest BCUT2D eigenvalue weighted by Crippen LogP contribution is 2.40. The van der Waals surface area contributed by atoms with E-state index < -0.39 is 0 Å². The zero-order valence-corrected chi connectivity index (χ0v) is 18.9. The number of hydrogen-bond donors (Lipinski definition) is 1. The summed E-state index contributed by atoms with van der Waals surface area (Å²) in [5.74, 6) is 0.337. The van der Waals surface area contributed by atoms with Gasteiger partial charge in [0.05, 0.1) is 11.7 Å². The third kappa shape index (κ3) is 6.91. The Balaban J connectivity index is 1.96. The van der Waals surface area contributed by atoms with Crippen LogP contribution in [0.4, 0.5) is 5.00 Å². The third-order valence-corrected chi connectivity index (χ3v) is 6.49. The minimum atomic E-state index is -0.298. The van der Waals surface area contributed by atoms with Gasteiger partial charge in [0.25, 0.3) is 0 Å². The molecule has 0 bridgehead atoms. The van der Waals surface area contributed by atoms with Crippen molar-refractivity contribution in [3.05, 3.63) is 16.0 Å². The molecule has 0 aliphatic heterocycles. The van der Waals surface area contributed by atoms with Gasteiger partial charge in [-0.3, -0.25) is 4.79 Å². The minimum absolute atomic E-state index is 0.0128. The van der Waals surface area contributed by atoms with Crippen molar-refractivity contribution in [3.8, 4) is 0 Å². The number of carbonyl (C=O) groups is 2. The maximum atomic E-state index is 12.7. The van der Waals surface area contributed by atoms with Crippen LogP contribution in [-0.2, 0) is 22.4 Å². The Bertz CT molecular complexity index is 651. The van der Waals surface area contributed by atoms with E-state index in [0.29, 0.717) is 22.9 Å². The molecule has 1 N–H and O–H groups in total. The Morgan fingerprint density at radius 3 is 2.50 bits per heavy atom. The zero-order chi connectivity index (χ0) is 20.5. The van der Waals surface area contributed by atoms with Gasteiger partial charge in [-0.1, -0.05) is 52.4 Å². The largest absolute Gasteiger partial charge is 0.459 e. The average molecular weight is 408 g/mol. The summed E-state index contributed by atoms with van der Waals surface area (Å²) in [6, 6.07) is 0. The Kier molecular flexibility index (Phi) is 9.49. The van der Waals surface area contributed by atoms with Gasteiger partial charge in [-0.2, -0.15) is 0 Å². The van der Waals surface area contributed by atoms with Crippen LogP contribution >= 0.6 is 11.3 Å². The number of ether oxygens (including phenoxy) is 1. The van der Waals surface area contributed by atoms with E-state index in [1.165, 1.54) is 37.0 Å². The maximum Gasteiger partial charge on any atom is 0.341 e. The number of thiophene rings is 1. The lowest BCUT2D eigenvalue weighted by molar-refractivity contribution is -0.116. The van der Waals surface area contributed by atoms with Crippen molar-refractivity contribution in [2.75, 3.05) is 5.32 Å². The number of rotatable bonds is 11. The molecule has 0 saturated carbocycles. The Morgan fingerprint density at radius 2 is 1.82 bits per heavy atom. The molecule has 1 aromatic rings. The Labute approximate surface area is 174 Å². The summed E-state index contributed by atoms with van der Waals surface area (Å²) in [4.78, 5) is 26.4. The lowest BCUT2D eigenvalue weighted by atomic mass is 9.88. The van der Waals surface area contributed by atoms with Crippen LogP contribution < -0.4 is 5.32 Å². The van der Waals surface area contributed by atoms with Gasteiger partial charge in [-0.15, -0.1) is 11.3 Å². The molecule has 0 fully saturated rings. The summed E-state index contributed by atoms with van der Waals surface area (Å²) in [5, 5.41) is 3.72. The van der Waals surface area contributed by atoms with Crippen molar-refractivity contribution in [2.45, 2.75) is 104 Å². The molecule has 1 atom stereocenters. The first-order valence-corrected chi connectivity index (χ1v) is 11.9. The monoisotopic (exact) mass is 407 g/mol. The molecule has 158 valence electrons. The number of anilines is 1. The lowest BCUT2D eigenvalue weighted by Gasteiger charge is -2.18. The molecular weight excluding hydrogens is 370 g/mol. The van der Waals surface area contributed by atoms with E-state index >= 15 is 0 Å². The molecule has 1 aromatic heterocycles. The van der Waals surface area contributed by atoms with Crippen molar-refractivity contribution in [1.82, 2.24) is 0 Å². The van der Waals surface area contributed by atoms with Gasteiger partial charge in [0, 0.05) is 11.3 Å². The van der Waals surface area contributed by atoms with Crippen LogP contribution in [0.3, 0.4) is 0 Å². The molecule has 0 radical (unpaired) electrons. The van der Waals surface area contributed by atoms with Crippen LogP contribution in [0, 0.1) is 5.92 Å². The van der Waals surface area contributed by atoms with Gasteiger partial charge in [-0.25, -0.2) is 4.79 Å². The summed E-state index contributed by atoms with van der Waals surface area (Å²) in [5.41, 5.74) is 1.70. The van der Waals surface area contributed by atoms with Crippen molar-refractivity contribution in [1.29, 1.82) is 0 Å². The van der Waals surface area contributed by atoms with E-state index in [2.05, 4.69) is 19.2 Å². The first-order chi connectivity index (χ1) is 13.4. The minimum Gasteiger partial charge on any atom is -0.459 e.